The maximum absolute atomic E-state index is 12.3. The van der Waals surface area contributed by atoms with Crippen molar-refractivity contribution < 1.29 is 9.59 Å². The van der Waals surface area contributed by atoms with Gasteiger partial charge >= 0.3 is 0 Å². The van der Waals surface area contributed by atoms with Gasteiger partial charge in [-0.3, -0.25) is 9.59 Å². The fourth-order valence-corrected chi connectivity index (χ4v) is 3.86. The largest absolute Gasteiger partial charge is 0.366 e. The third-order valence-corrected chi connectivity index (χ3v) is 4.99. The summed E-state index contributed by atoms with van der Waals surface area (Å²) >= 11 is 1.49. The highest BCUT2D eigenvalue weighted by Gasteiger charge is 2.25. The Morgan fingerprint density at radius 1 is 1.22 bits per heavy atom. The van der Waals surface area contributed by atoms with E-state index in [-0.39, 0.29) is 5.91 Å². The molecule has 3 rings (SSSR count). The molecule has 23 heavy (non-hydrogen) atoms. The highest BCUT2D eigenvalue weighted by atomic mass is 32.2. The molecule has 2 amide bonds. The van der Waals surface area contributed by atoms with Gasteiger partial charge in [-0.25, -0.2) is 0 Å². The molecule has 2 aromatic rings. The number of carbonyl (C=O) groups excluding carboxylic acids is 2. The van der Waals surface area contributed by atoms with Crippen LogP contribution < -0.4 is 11.1 Å². The summed E-state index contributed by atoms with van der Waals surface area (Å²) in [5, 5.41) is 2.70. The fourth-order valence-electron chi connectivity index (χ4n) is 2.64. The van der Waals surface area contributed by atoms with Crippen molar-refractivity contribution in [2.45, 2.75) is 16.2 Å². The first-order chi connectivity index (χ1) is 11.1. The van der Waals surface area contributed by atoms with Gasteiger partial charge in [0.2, 0.25) is 0 Å². The minimum Gasteiger partial charge on any atom is -0.366 e. The lowest BCUT2D eigenvalue weighted by atomic mass is 9.97. The molecule has 0 aliphatic carbocycles. The van der Waals surface area contributed by atoms with E-state index in [9.17, 15) is 9.59 Å². The molecule has 3 N–H and O–H groups in total. The number of amides is 2. The van der Waals surface area contributed by atoms with Gasteiger partial charge in [0.05, 0.1) is 11.1 Å². The van der Waals surface area contributed by atoms with Gasteiger partial charge in [0.15, 0.2) is 0 Å². The van der Waals surface area contributed by atoms with Crippen molar-refractivity contribution >= 4 is 23.6 Å². The normalized spacial score (nSPS) is 12.0. The maximum Gasteiger partial charge on any atom is 0.252 e. The first-order valence-corrected chi connectivity index (χ1v) is 8.04. The Bertz CT molecular complexity index is 815. The summed E-state index contributed by atoms with van der Waals surface area (Å²) in [6.07, 6.45) is 2.32. The molecule has 0 fully saturated rings. The van der Waals surface area contributed by atoms with Crippen molar-refractivity contribution in [2.75, 3.05) is 6.54 Å². The molecule has 0 saturated heterocycles. The lowest BCUT2D eigenvalue weighted by Gasteiger charge is -2.22. The van der Waals surface area contributed by atoms with E-state index in [1.807, 2.05) is 24.3 Å². The Morgan fingerprint density at radius 3 is 2.74 bits per heavy atom. The lowest BCUT2D eigenvalue weighted by molar-refractivity contribution is 0.0938. The zero-order valence-electron chi connectivity index (χ0n) is 12.5. The summed E-state index contributed by atoms with van der Waals surface area (Å²) in [7, 11) is 0. The first-order valence-electron chi connectivity index (χ1n) is 7.22. The smallest absolute Gasteiger partial charge is 0.252 e. The van der Waals surface area contributed by atoms with Gasteiger partial charge in [-0.1, -0.05) is 42.1 Å². The Balaban J connectivity index is 2.08. The fraction of sp³-hybridized carbons (Fsp3) is 0.111. The SMILES string of the molecule is C=CCNC(=O)c1ccc2c(c1C(N)=O)Sc1ccccc1C2. The second kappa shape index (κ2) is 6.30. The Morgan fingerprint density at radius 2 is 2.00 bits per heavy atom. The van der Waals surface area contributed by atoms with Gasteiger partial charge in [-0.05, 0) is 29.7 Å². The average Bonchev–Trinajstić information content (AvgIpc) is 2.56. The van der Waals surface area contributed by atoms with E-state index in [1.54, 1.807) is 12.1 Å². The van der Waals surface area contributed by atoms with Crippen molar-refractivity contribution in [2.24, 2.45) is 5.73 Å². The topological polar surface area (TPSA) is 72.2 Å². The predicted molar refractivity (Wildman–Crippen MR) is 90.9 cm³/mol. The standard InChI is InChI=1S/C18H16N2O2S/c1-2-9-20-18(22)13-8-7-12-10-11-5-3-4-6-14(11)23-16(12)15(13)17(19)21/h2-8H,1,9-10H2,(H2,19,21)(H,20,22). The highest BCUT2D eigenvalue weighted by Crippen LogP contribution is 2.42. The van der Waals surface area contributed by atoms with Crippen LogP contribution in [0.15, 0.2) is 58.8 Å². The second-order valence-corrected chi connectivity index (χ2v) is 6.28. The molecule has 0 atom stereocenters. The van der Waals surface area contributed by atoms with E-state index < -0.39 is 5.91 Å². The quantitative estimate of drug-likeness (QED) is 0.725. The van der Waals surface area contributed by atoms with Crippen LogP contribution >= 0.6 is 11.8 Å². The minimum absolute atomic E-state index is 0.295. The van der Waals surface area contributed by atoms with Crippen LogP contribution in [-0.4, -0.2) is 18.4 Å². The van der Waals surface area contributed by atoms with Crippen LogP contribution in [0.4, 0.5) is 0 Å². The number of primary amides is 1. The number of nitrogens with one attached hydrogen (secondary N) is 1. The molecule has 1 aliphatic rings. The van der Waals surface area contributed by atoms with E-state index in [0.717, 1.165) is 21.8 Å². The van der Waals surface area contributed by atoms with Crippen LogP contribution in [0.5, 0.6) is 0 Å². The summed E-state index contributed by atoms with van der Waals surface area (Å²) in [6.45, 7) is 3.91. The van der Waals surface area contributed by atoms with Gasteiger partial charge in [0.1, 0.15) is 0 Å². The molecular weight excluding hydrogens is 308 g/mol. The summed E-state index contributed by atoms with van der Waals surface area (Å²) in [5.74, 6) is -0.904. The second-order valence-electron chi connectivity index (χ2n) is 5.23. The average molecular weight is 324 g/mol. The van der Waals surface area contributed by atoms with Gasteiger partial charge < -0.3 is 11.1 Å². The van der Waals surface area contributed by atoms with Crippen LogP contribution in [0.25, 0.3) is 0 Å². The number of rotatable bonds is 4. The van der Waals surface area contributed by atoms with E-state index in [0.29, 0.717) is 17.7 Å². The Labute approximate surface area is 138 Å². The van der Waals surface area contributed by atoms with E-state index >= 15 is 0 Å². The summed E-state index contributed by atoms with van der Waals surface area (Å²) in [4.78, 5) is 26.1. The molecule has 0 unspecified atom stereocenters. The van der Waals surface area contributed by atoms with E-state index in [2.05, 4.69) is 18.0 Å². The molecule has 4 nitrogen and oxygen atoms in total. The molecule has 0 radical (unpaired) electrons. The van der Waals surface area contributed by atoms with E-state index in [1.165, 1.54) is 17.3 Å². The minimum atomic E-state index is -0.586. The van der Waals surface area contributed by atoms with Crippen LogP contribution in [0.2, 0.25) is 0 Å². The van der Waals surface area contributed by atoms with Crippen LogP contribution in [0, 0.1) is 0 Å². The molecule has 116 valence electrons. The molecule has 0 bridgehead atoms. The molecule has 0 spiro atoms. The molecule has 1 heterocycles. The van der Waals surface area contributed by atoms with Crippen molar-refractivity contribution in [1.29, 1.82) is 0 Å². The summed E-state index contributed by atoms with van der Waals surface area (Å²) in [5.41, 5.74) is 8.41. The Kier molecular flexibility index (Phi) is 4.21. The van der Waals surface area contributed by atoms with Crippen molar-refractivity contribution in [1.82, 2.24) is 5.32 Å². The van der Waals surface area contributed by atoms with Crippen molar-refractivity contribution in [3.8, 4) is 0 Å². The number of carbonyl (C=O) groups is 2. The number of benzene rings is 2. The maximum atomic E-state index is 12.3. The number of hydrogen-bond acceptors (Lipinski definition) is 3. The van der Waals surface area contributed by atoms with Gasteiger partial charge in [-0.15, -0.1) is 6.58 Å². The Hall–Kier alpha value is -2.53. The zero-order valence-corrected chi connectivity index (χ0v) is 13.3. The zero-order chi connectivity index (χ0) is 16.4. The molecule has 0 saturated carbocycles. The van der Waals surface area contributed by atoms with Crippen LogP contribution in [0.3, 0.4) is 0 Å². The first kappa shape index (κ1) is 15.4. The third-order valence-electron chi connectivity index (χ3n) is 3.70. The monoisotopic (exact) mass is 324 g/mol. The van der Waals surface area contributed by atoms with Gasteiger partial charge in [0, 0.05) is 16.3 Å². The molecule has 1 aliphatic heterocycles. The van der Waals surface area contributed by atoms with Crippen LogP contribution in [0.1, 0.15) is 31.8 Å². The number of hydrogen-bond donors (Lipinski definition) is 2. The highest BCUT2D eigenvalue weighted by molar-refractivity contribution is 7.99. The number of fused-ring (bicyclic) bond motifs is 2. The molecule has 5 heteroatoms. The lowest BCUT2D eigenvalue weighted by Crippen LogP contribution is -2.28. The molecule has 2 aromatic carbocycles. The van der Waals surface area contributed by atoms with Crippen LogP contribution in [-0.2, 0) is 6.42 Å². The van der Waals surface area contributed by atoms with E-state index in [4.69, 9.17) is 5.73 Å². The predicted octanol–water partition coefficient (Wildman–Crippen LogP) is 2.76. The number of nitrogens with two attached hydrogens (primary N) is 1. The summed E-state index contributed by atoms with van der Waals surface area (Å²) < 4.78 is 0. The third kappa shape index (κ3) is 2.87. The molecule has 0 aromatic heterocycles. The summed E-state index contributed by atoms with van der Waals surface area (Å²) in [6, 6.07) is 11.6. The molecular formula is C18H16N2O2S. The van der Waals surface area contributed by atoms with Gasteiger partial charge in [0.25, 0.3) is 11.8 Å². The van der Waals surface area contributed by atoms with Gasteiger partial charge in [-0.2, -0.15) is 0 Å². The van der Waals surface area contributed by atoms with Crippen molar-refractivity contribution in [3.05, 3.63) is 71.3 Å². The van der Waals surface area contributed by atoms with Crippen molar-refractivity contribution in [3.63, 3.8) is 0 Å².